The van der Waals surface area contributed by atoms with Crippen LogP contribution in [-0.2, 0) is 11.4 Å². The van der Waals surface area contributed by atoms with Crippen molar-refractivity contribution >= 4 is 12.0 Å². The van der Waals surface area contributed by atoms with E-state index in [1.807, 2.05) is 0 Å². The Labute approximate surface area is 133 Å². The SMILES string of the molecule is O=C(O)C1=Cc2ccc(OCc3ccco3)cc2OC1C(F)(F)F. The lowest BCUT2D eigenvalue weighted by Gasteiger charge is -2.27. The summed E-state index contributed by atoms with van der Waals surface area (Å²) in [4.78, 5) is 11.0. The fourth-order valence-electron chi connectivity index (χ4n) is 2.23. The second kappa shape index (κ2) is 5.95. The molecule has 0 fully saturated rings. The maximum atomic E-state index is 13.0. The lowest BCUT2D eigenvalue weighted by Crippen LogP contribution is -2.40. The first kappa shape index (κ1) is 16.0. The quantitative estimate of drug-likeness (QED) is 0.920. The second-order valence-electron chi connectivity index (χ2n) is 5.01. The van der Waals surface area contributed by atoms with Crippen LogP contribution in [0.2, 0.25) is 0 Å². The molecule has 126 valence electrons. The molecule has 0 bridgehead atoms. The summed E-state index contributed by atoms with van der Waals surface area (Å²) in [5.74, 6) is -0.950. The van der Waals surface area contributed by atoms with Crippen LogP contribution in [0, 0.1) is 0 Å². The van der Waals surface area contributed by atoms with Gasteiger partial charge in [0.2, 0.25) is 6.10 Å². The predicted molar refractivity (Wildman–Crippen MR) is 75.6 cm³/mol. The third-order valence-corrected chi connectivity index (χ3v) is 3.33. The summed E-state index contributed by atoms with van der Waals surface area (Å²) in [7, 11) is 0. The standard InChI is InChI=1S/C16H11F3O5/c17-16(18,19)14-12(15(20)21)6-9-3-4-10(7-13(9)24-14)23-8-11-2-1-5-22-11/h1-7,14H,8H2,(H,20,21). The summed E-state index contributed by atoms with van der Waals surface area (Å²) in [5, 5.41) is 8.96. The topological polar surface area (TPSA) is 68.9 Å². The molecule has 24 heavy (non-hydrogen) atoms. The van der Waals surface area contributed by atoms with Crippen LogP contribution in [-0.4, -0.2) is 23.4 Å². The molecule has 1 aromatic carbocycles. The Morgan fingerprint density at radius 2 is 2.08 bits per heavy atom. The number of benzene rings is 1. The normalized spacial score (nSPS) is 16.8. The van der Waals surface area contributed by atoms with Crippen molar-refractivity contribution in [2.24, 2.45) is 0 Å². The highest BCUT2D eigenvalue weighted by atomic mass is 19.4. The third-order valence-electron chi connectivity index (χ3n) is 3.33. The Hall–Kier alpha value is -2.90. The van der Waals surface area contributed by atoms with Gasteiger partial charge in [0.05, 0.1) is 11.8 Å². The van der Waals surface area contributed by atoms with E-state index in [2.05, 4.69) is 0 Å². The van der Waals surface area contributed by atoms with Crippen molar-refractivity contribution in [3.8, 4) is 11.5 Å². The maximum Gasteiger partial charge on any atom is 0.430 e. The first-order valence-electron chi connectivity index (χ1n) is 6.82. The minimum atomic E-state index is -4.84. The molecule has 8 heteroatoms. The molecule has 0 saturated heterocycles. The van der Waals surface area contributed by atoms with Gasteiger partial charge in [-0.3, -0.25) is 0 Å². The van der Waals surface area contributed by atoms with Gasteiger partial charge in [-0.2, -0.15) is 13.2 Å². The number of ether oxygens (including phenoxy) is 2. The van der Waals surface area contributed by atoms with E-state index in [-0.39, 0.29) is 23.7 Å². The highest BCUT2D eigenvalue weighted by Gasteiger charge is 2.48. The Bertz CT molecular complexity index is 778. The molecule has 0 spiro atoms. The molecule has 1 aliphatic heterocycles. The number of hydrogen-bond donors (Lipinski definition) is 1. The van der Waals surface area contributed by atoms with Gasteiger partial charge in [-0.05, 0) is 30.3 Å². The summed E-state index contributed by atoms with van der Waals surface area (Å²) >= 11 is 0. The van der Waals surface area contributed by atoms with E-state index in [9.17, 15) is 18.0 Å². The number of carboxylic acids is 1. The Balaban J connectivity index is 1.86. The predicted octanol–water partition coefficient (Wildman–Crippen LogP) is 3.65. The van der Waals surface area contributed by atoms with Crippen LogP contribution in [0.5, 0.6) is 11.5 Å². The molecule has 1 unspecified atom stereocenters. The lowest BCUT2D eigenvalue weighted by molar-refractivity contribution is -0.187. The fourth-order valence-corrected chi connectivity index (χ4v) is 2.23. The van der Waals surface area contributed by atoms with Gasteiger partial charge < -0.3 is 19.0 Å². The number of carboxylic acid groups (broad SMARTS) is 1. The smallest absolute Gasteiger partial charge is 0.430 e. The number of rotatable bonds is 4. The average molecular weight is 340 g/mol. The van der Waals surface area contributed by atoms with Crippen LogP contribution in [0.1, 0.15) is 11.3 Å². The van der Waals surface area contributed by atoms with Crippen LogP contribution in [0.3, 0.4) is 0 Å². The van der Waals surface area contributed by atoms with Crippen molar-refractivity contribution in [3.63, 3.8) is 0 Å². The molecule has 0 radical (unpaired) electrons. The van der Waals surface area contributed by atoms with Gasteiger partial charge in [0.1, 0.15) is 23.9 Å². The minimum absolute atomic E-state index is 0.0979. The van der Waals surface area contributed by atoms with E-state index in [4.69, 9.17) is 19.0 Å². The summed E-state index contributed by atoms with van der Waals surface area (Å²) in [5.41, 5.74) is -0.627. The molecular formula is C16H11F3O5. The van der Waals surface area contributed by atoms with Gasteiger partial charge in [-0.15, -0.1) is 0 Å². The molecule has 0 amide bonds. The van der Waals surface area contributed by atoms with E-state index in [0.29, 0.717) is 5.76 Å². The van der Waals surface area contributed by atoms with Gasteiger partial charge in [0, 0.05) is 11.6 Å². The van der Waals surface area contributed by atoms with E-state index in [1.165, 1.54) is 24.5 Å². The average Bonchev–Trinajstić information content (AvgIpc) is 3.04. The number of alkyl halides is 3. The van der Waals surface area contributed by atoms with Crippen molar-refractivity contribution in [1.29, 1.82) is 0 Å². The molecule has 5 nitrogen and oxygen atoms in total. The van der Waals surface area contributed by atoms with Crippen molar-refractivity contribution in [1.82, 2.24) is 0 Å². The zero-order valence-electron chi connectivity index (χ0n) is 12.0. The zero-order valence-corrected chi connectivity index (χ0v) is 12.0. The lowest BCUT2D eigenvalue weighted by atomic mass is 10.0. The molecule has 0 aliphatic carbocycles. The number of aliphatic carboxylic acids is 1. The summed E-state index contributed by atoms with van der Waals surface area (Å²) < 4.78 is 54.4. The summed E-state index contributed by atoms with van der Waals surface area (Å²) in [6.07, 6.45) is -4.94. The number of hydrogen-bond acceptors (Lipinski definition) is 4. The Morgan fingerprint density at radius 1 is 1.29 bits per heavy atom. The number of fused-ring (bicyclic) bond motifs is 1. The molecule has 3 rings (SSSR count). The van der Waals surface area contributed by atoms with Crippen LogP contribution in [0.4, 0.5) is 13.2 Å². The molecule has 1 N–H and O–H groups in total. The van der Waals surface area contributed by atoms with Crippen LogP contribution < -0.4 is 9.47 Å². The van der Waals surface area contributed by atoms with Crippen LogP contribution >= 0.6 is 0 Å². The van der Waals surface area contributed by atoms with Gasteiger partial charge in [-0.25, -0.2) is 4.79 Å². The molecular weight excluding hydrogens is 329 g/mol. The third kappa shape index (κ3) is 3.22. The maximum absolute atomic E-state index is 13.0. The van der Waals surface area contributed by atoms with Crippen molar-refractivity contribution in [2.75, 3.05) is 0 Å². The van der Waals surface area contributed by atoms with Crippen molar-refractivity contribution < 1.29 is 37.0 Å². The number of furan rings is 1. The number of halogens is 3. The van der Waals surface area contributed by atoms with E-state index in [0.717, 1.165) is 6.08 Å². The fraction of sp³-hybridized carbons (Fsp3) is 0.188. The minimum Gasteiger partial charge on any atom is -0.486 e. The molecule has 1 atom stereocenters. The van der Waals surface area contributed by atoms with Crippen molar-refractivity contribution in [2.45, 2.75) is 18.9 Å². The second-order valence-corrected chi connectivity index (χ2v) is 5.01. The van der Waals surface area contributed by atoms with Gasteiger partial charge in [-0.1, -0.05) is 0 Å². The van der Waals surface area contributed by atoms with Crippen molar-refractivity contribution in [3.05, 3.63) is 53.5 Å². The highest BCUT2D eigenvalue weighted by molar-refractivity contribution is 5.95. The largest absolute Gasteiger partial charge is 0.486 e. The first-order valence-corrected chi connectivity index (χ1v) is 6.82. The van der Waals surface area contributed by atoms with E-state index < -0.39 is 23.8 Å². The number of carbonyl (C=O) groups is 1. The first-order chi connectivity index (χ1) is 11.3. The highest BCUT2D eigenvalue weighted by Crippen LogP contribution is 2.38. The van der Waals surface area contributed by atoms with Gasteiger partial charge in [0.15, 0.2) is 0 Å². The van der Waals surface area contributed by atoms with Crippen LogP contribution in [0.15, 0.2) is 46.6 Å². The van der Waals surface area contributed by atoms with E-state index in [1.54, 1.807) is 12.1 Å². The Kier molecular flexibility index (Phi) is 3.96. The Morgan fingerprint density at radius 3 is 2.71 bits per heavy atom. The molecule has 2 heterocycles. The van der Waals surface area contributed by atoms with Gasteiger partial charge in [0.25, 0.3) is 0 Å². The zero-order chi connectivity index (χ0) is 17.3. The molecule has 0 saturated carbocycles. The molecule has 2 aromatic rings. The van der Waals surface area contributed by atoms with Crippen LogP contribution in [0.25, 0.3) is 6.08 Å². The molecule has 1 aliphatic rings. The van der Waals surface area contributed by atoms with E-state index >= 15 is 0 Å². The molecule has 1 aromatic heterocycles. The monoisotopic (exact) mass is 340 g/mol. The summed E-state index contributed by atoms with van der Waals surface area (Å²) in [6, 6.07) is 7.60. The summed E-state index contributed by atoms with van der Waals surface area (Å²) in [6.45, 7) is 0.102. The van der Waals surface area contributed by atoms with Gasteiger partial charge >= 0.3 is 12.1 Å².